The van der Waals surface area contributed by atoms with Gasteiger partial charge in [-0.05, 0) is 37.0 Å². The molecule has 34 heavy (non-hydrogen) atoms. The number of carbonyl (C=O) groups excluding carboxylic acids is 1. The predicted molar refractivity (Wildman–Crippen MR) is 123 cm³/mol. The van der Waals surface area contributed by atoms with Crippen LogP contribution in [0.4, 0.5) is 14.5 Å². The first kappa shape index (κ1) is 25.9. The first-order chi connectivity index (χ1) is 16.0. The molecule has 8 nitrogen and oxygen atoms in total. The number of piperidine rings is 1. The van der Waals surface area contributed by atoms with E-state index in [4.69, 9.17) is 11.6 Å². The third-order valence-corrected chi connectivity index (χ3v) is 6.37. The van der Waals surface area contributed by atoms with Crippen molar-refractivity contribution < 1.29 is 28.2 Å². The van der Waals surface area contributed by atoms with Crippen molar-refractivity contribution in [3.8, 4) is 5.75 Å². The van der Waals surface area contributed by atoms with Gasteiger partial charge >= 0.3 is 12.6 Å². The molecule has 2 N–H and O–H groups in total. The molecule has 0 radical (unpaired) electrons. The van der Waals surface area contributed by atoms with Crippen molar-refractivity contribution in [2.24, 2.45) is 5.92 Å². The Bertz CT molecular complexity index is 1020. The second kappa shape index (κ2) is 10.7. The molecule has 11 heteroatoms. The lowest BCUT2D eigenvalue weighted by molar-refractivity contribution is -0.142. The predicted octanol–water partition coefficient (Wildman–Crippen LogP) is 4.41. The molecule has 1 saturated heterocycles. The van der Waals surface area contributed by atoms with Crippen LogP contribution in [0.5, 0.6) is 5.75 Å². The molecule has 0 aliphatic carbocycles. The second-order valence-electron chi connectivity index (χ2n) is 8.87. The molecule has 2 aromatic rings. The van der Waals surface area contributed by atoms with E-state index in [0.29, 0.717) is 32.5 Å². The van der Waals surface area contributed by atoms with Gasteiger partial charge in [-0.3, -0.25) is 14.3 Å². The third kappa shape index (κ3) is 5.67. The summed E-state index contributed by atoms with van der Waals surface area (Å²) < 4.78 is 32.1. The second-order valence-corrected chi connectivity index (χ2v) is 9.30. The summed E-state index contributed by atoms with van der Waals surface area (Å²) in [4.78, 5) is 27.0. The van der Waals surface area contributed by atoms with Crippen LogP contribution in [-0.4, -0.2) is 57.9 Å². The number of likely N-dealkylation sites (tertiary alicyclic amines) is 1. The minimum atomic E-state index is -3.08. The van der Waals surface area contributed by atoms with Crippen molar-refractivity contribution in [3.05, 3.63) is 41.2 Å². The van der Waals surface area contributed by atoms with Crippen LogP contribution >= 0.6 is 11.6 Å². The Balaban J connectivity index is 1.92. The summed E-state index contributed by atoms with van der Waals surface area (Å²) in [6.07, 6.45) is 2.37. The number of ether oxygens (including phenoxy) is 1. The lowest BCUT2D eigenvalue weighted by Crippen LogP contribution is -2.54. The number of carboxylic acid groups (broad SMARTS) is 1. The minimum Gasteiger partial charge on any atom is -0.481 e. The maximum Gasteiger partial charge on any atom is 0.387 e. The highest BCUT2D eigenvalue weighted by Gasteiger charge is 2.45. The number of amides is 1. The number of hydrogen-bond acceptors (Lipinski definition) is 5. The van der Waals surface area contributed by atoms with Gasteiger partial charge in [-0.1, -0.05) is 32.4 Å². The Morgan fingerprint density at radius 2 is 1.91 bits per heavy atom. The average Bonchev–Trinajstić information content (AvgIpc) is 3.26. The number of aliphatic carboxylic acids is 1. The fourth-order valence-electron chi connectivity index (χ4n) is 4.25. The van der Waals surface area contributed by atoms with E-state index in [0.717, 1.165) is 5.69 Å². The number of halogens is 3. The maximum atomic E-state index is 13.8. The summed E-state index contributed by atoms with van der Waals surface area (Å²) in [5.74, 6) is -1.97. The van der Waals surface area contributed by atoms with E-state index in [-0.39, 0.29) is 22.4 Å². The smallest absolute Gasteiger partial charge is 0.387 e. The van der Waals surface area contributed by atoms with Crippen molar-refractivity contribution in [2.45, 2.75) is 51.7 Å². The molecule has 0 spiro atoms. The number of carbonyl (C=O) groups is 2. The molecule has 1 fully saturated rings. The standard InChI is InChI=1S/C23H29ClF2N4O4/c1-14(2)18-6-9-27-30(18)23(7-10-29(11-8-23)13-15(3)20(31)32)21(33)28-17-5-4-16(24)12-19(17)34-22(25)26/h4-6,9,12,14-15,22H,7-8,10-11,13H2,1-3H3,(H,28,33)(H,31,32)/t15-/m0/s1. The lowest BCUT2D eigenvalue weighted by atomic mass is 9.85. The first-order valence-corrected chi connectivity index (χ1v) is 11.5. The van der Waals surface area contributed by atoms with Gasteiger partial charge in [0.1, 0.15) is 5.54 Å². The van der Waals surface area contributed by atoms with Gasteiger partial charge in [0.15, 0.2) is 5.75 Å². The van der Waals surface area contributed by atoms with Crippen LogP contribution in [0.3, 0.4) is 0 Å². The number of hydrogen-bond donors (Lipinski definition) is 2. The zero-order chi connectivity index (χ0) is 25.0. The number of nitrogens with zero attached hydrogens (tertiary/aromatic N) is 3. The molecular formula is C23H29ClF2N4O4. The lowest BCUT2D eigenvalue weighted by Gasteiger charge is -2.42. The largest absolute Gasteiger partial charge is 0.481 e. The van der Waals surface area contributed by atoms with Gasteiger partial charge in [0.05, 0.1) is 11.6 Å². The van der Waals surface area contributed by atoms with Crippen LogP contribution in [0.15, 0.2) is 30.5 Å². The van der Waals surface area contributed by atoms with Crippen LogP contribution in [-0.2, 0) is 15.1 Å². The molecule has 186 valence electrons. The Labute approximate surface area is 201 Å². The van der Waals surface area contributed by atoms with Crippen molar-refractivity contribution in [2.75, 3.05) is 25.0 Å². The molecule has 0 unspecified atom stereocenters. The van der Waals surface area contributed by atoms with Crippen LogP contribution in [0.2, 0.25) is 5.02 Å². The third-order valence-electron chi connectivity index (χ3n) is 6.14. The number of aromatic nitrogens is 2. The zero-order valence-electron chi connectivity index (χ0n) is 19.3. The van der Waals surface area contributed by atoms with E-state index in [1.807, 2.05) is 24.8 Å². The monoisotopic (exact) mass is 498 g/mol. The topological polar surface area (TPSA) is 96.7 Å². The quantitative estimate of drug-likeness (QED) is 0.531. The van der Waals surface area contributed by atoms with Gasteiger partial charge in [-0.25, -0.2) is 0 Å². The van der Waals surface area contributed by atoms with Crippen molar-refractivity contribution in [1.29, 1.82) is 0 Å². The van der Waals surface area contributed by atoms with E-state index in [9.17, 15) is 23.5 Å². The van der Waals surface area contributed by atoms with Crippen LogP contribution in [0.1, 0.15) is 45.2 Å². The highest BCUT2D eigenvalue weighted by atomic mass is 35.5. The summed E-state index contributed by atoms with van der Waals surface area (Å²) in [5, 5.41) is 16.7. The fraction of sp³-hybridized carbons (Fsp3) is 0.522. The number of nitrogens with one attached hydrogen (secondary N) is 1. The highest BCUT2D eigenvalue weighted by Crippen LogP contribution is 2.36. The fourth-order valence-corrected chi connectivity index (χ4v) is 4.41. The zero-order valence-corrected chi connectivity index (χ0v) is 20.1. The van der Waals surface area contributed by atoms with Crippen LogP contribution < -0.4 is 10.1 Å². The Morgan fingerprint density at radius 1 is 1.24 bits per heavy atom. The van der Waals surface area contributed by atoms with E-state index >= 15 is 0 Å². The Kier molecular flexibility index (Phi) is 8.14. The maximum absolute atomic E-state index is 13.8. The normalized spacial score (nSPS) is 17.1. The van der Waals surface area contributed by atoms with Gasteiger partial charge in [-0.2, -0.15) is 13.9 Å². The number of rotatable bonds is 9. The van der Waals surface area contributed by atoms with Crippen LogP contribution in [0.25, 0.3) is 0 Å². The number of benzene rings is 1. The van der Waals surface area contributed by atoms with Crippen LogP contribution in [0, 0.1) is 5.92 Å². The average molecular weight is 499 g/mol. The van der Waals surface area contributed by atoms with E-state index in [2.05, 4.69) is 15.2 Å². The highest BCUT2D eigenvalue weighted by molar-refractivity contribution is 6.30. The van der Waals surface area contributed by atoms with Crippen molar-refractivity contribution in [1.82, 2.24) is 14.7 Å². The first-order valence-electron chi connectivity index (χ1n) is 11.1. The number of alkyl halides is 2. The number of carboxylic acids is 1. The van der Waals surface area contributed by atoms with Gasteiger partial charge in [0.25, 0.3) is 5.91 Å². The molecule has 1 aromatic carbocycles. The summed E-state index contributed by atoms with van der Waals surface area (Å²) in [6.45, 7) is 3.88. The van der Waals surface area contributed by atoms with Gasteiger partial charge in [0.2, 0.25) is 0 Å². The SMILES string of the molecule is CC(C)c1ccnn1C1(C(=O)Nc2ccc(Cl)cc2OC(F)F)CCN(C[C@H](C)C(=O)O)CC1. The summed E-state index contributed by atoms with van der Waals surface area (Å²) in [6, 6.07) is 5.97. The Hall–Kier alpha value is -2.72. The number of anilines is 1. The van der Waals surface area contributed by atoms with Gasteiger partial charge < -0.3 is 20.1 Å². The van der Waals surface area contributed by atoms with Crippen molar-refractivity contribution >= 4 is 29.2 Å². The van der Waals surface area contributed by atoms with E-state index < -0.39 is 29.9 Å². The van der Waals surface area contributed by atoms with Gasteiger partial charge in [-0.15, -0.1) is 0 Å². The summed E-state index contributed by atoms with van der Waals surface area (Å²) >= 11 is 5.93. The molecule has 1 atom stereocenters. The van der Waals surface area contributed by atoms with E-state index in [1.165, 1.54) is 18.2 Å². The summed E-state index contributed by atoms with van der Waals surface area (Å²) in [7, 11) is 0. The molecular weight excluding hydrogens is 470 g/mol. The molecule has 1 aromatic heterocycles. The molecule has 1 amide bonds. The molecule has 1 aliphatic heterocycles. The minimum absolute atomic E-state index is 0.0780. The molecule has 0 saturated carbocycles. The van der Waals surface area contributed by atoms with Crippen molar-refractivity contribution in [3.63, 3.8) is 0 Å². The molecule has 0 bridgehead atoms. The van der Waals surface area contributed by atoms with E-state index in [1.54, 1.807) is 17.8 Å². The molecule has 2 heterocycles. The molecule has 3 rings (SSSR count). The molecule has 1 aliphatic rings. The Morgan fingerprint density at radius 3 is 2.50 bits per heavy atom. The summed E-state index contributed by atoms with van der Waals surface area (Å²) in [5.41, 5.74) is -0.148. The van der Waals surface area contributed by atoms with Gasteiger partial charge in [0, 0.05) is 42.6 Å².